The zero-order valence-electron chi connectivity index (χ0n) is 25.8. The number of thiophene rings is 1. The summed E-state index contributed by atoms with van der Waals surface area (Å²) in [6.07, 6.45) is 7.76. The highest BCUT2D eigenvalue weighted by Crippen LogP contribution is 2.40. The van der Waals surface area contributed by atoms with Gasteiger partial charge >= 0.3 is 5.65 Å². The molecule has 0 aliphatic carbocycles. The number of carbonyl (C=O) groups excluding carboxylic acids is 4. The number of oxime groups is 1. The number of rotatable bonds is 11. The number of carbonyl (C=O) groups is 4. The zero-order valence-corrected chi connectivity index (χ0v) is 29.0. The van der Waals surface area contributed by atoms with E-state index >= 15 is 0 Å². The normalized spacial score (nSPS) is 19.7. The van der Waals surface area contributed by atoms with Crippen LogP contribution in [-0.4, -0.2) is 90.9 Å². The van der Waals surface area contributed by atoms with Crippen LogP contribution in [0.2, 0.25) is 4.34 Å². The van der Waals surface area contributed by atoms with Crippen molar-refractivity contribution >= 4 is 86.2 Å². The summed E-state index contributed by atoms with van der Waals surface area (Å²) in [7, 11) is 1.24. The van der Waals surface area contributed by atoms with Gasteiger partial charge in [-0.2, -0.15) is 0 Å². The number of aliphatic carboxylic acids is 1. The van der Waals surface area contributed by atoms with Gasteiger partial charge < -0.3 is 25.8 Å². The fourth-order valence-corrected chi connectivity index (χ4v) is 9.16. The maximum atomic E-state index is 13.3. The smallest absolute Gasteiger partial charge is 0.307 e. The summed E-state index contributed by atoms with van der Waals surface area (Å²) < 4.78 is 5.88. The third-order valence-electron chi connectivity index (χ3n) is 8.30. The summed E-state index contributed by atoms with van der Waals surface area (Å²) in [5.41, 5.74) is 10.1. The number of aromatic nitrogens is 4. The van der Waals surface area contributed by atoms with Gasteiger partial charge in [0.2, 0.25) is 0 Å². The monoisotopic (exact) mass is 744 g/mol. The quantitative estimate of drug-likeness (QED) is 0.0816. The van der Waals surface area contributed by atoms with E-state index in [1.807, 2.05) is 54.9 Å². The average Bonchev–Trinajstić information content (AvgIpc) is 3.91. The number of hydrazine groups is 1. The van der Waals surface area contributed by atoms with Gasteiger partial charge in [0.15, 0.2) is 17.0 Å². The minimum atomic E-state index is -1.49. The van der Waals surface area contributed by atoms with Crippen LogP contribution in [0, 0.1) is 0 Å². The number of thiazole rings is 1. The van der Waals surface area contributed by atoms with Crippen LogP contribution in [0.4, 0.5) is 5.13 Å². The molecule has 0 spiro atoms. The first-order valence-electron chi connectivity index (χ1n) is 15.0. The van der Waals surface area contributed by atoms with E-state index in [9.17, 15) is 24.3 Å². The molecule has 2 saturated heterocycles. The van der Waals surface area contributed by atoms with Crippen LogP contribution in [0.3, 0.4) is 0 Å². The van der Waals surface area contributed by atoms with Gasteiger partial charge in [0.1, 0.15) is 41.3 Å². The second-order valence-corrected chi connectivity index (χ2v) is 15.1. The number of anilines is 1. The predicted octanol–water partition coefficient (Wildman–Crippen LogP) is 0.0254. The number of nitrogen functional groups attached to an aromatic ring is 1. The molecule has 0 radical (unpaired) electrons. The average molecular weight is 745 g/mol. The highest BCUT2D eigenvalue weighted by molar-refractivity contribution is 8.00. The molecule has 3 aliphatic rings. The number of imidazole rings is 1. The molecular weight excluding hydrogens is 716 g/mol. The number of thioether (sulfide) groups is 1. The van der Waals surface area contributed by atoms with Gasteiger partial charge in [0, 0.05) is 29.1 Å². The van der Waals surface area contributed by atoms with Crippen LogP contribution in [0.15, 0.2) is 52.5 Å². The lowest BCUT2D eigenvalue weighted by Crippen LogP contribution is -2.71. The van der Waals surface area contributed by atoms with E-state index in [1.54, 1.807) is 0 Å². The molecule has 4 aromatic rings. The number of hydrogen-bond donors (Lipinski definition) is 3. The van der Waals surface area contributed by atoms with E-state index in [-0.39, 0.29) is 44.8 Å². The van der Waals surface area contributed by atoms with E-state index in [2.05, 4.69) is 20.9 Å². The number of halogens is 1. The van der Waals surface area contributed by atoms with Crippen molar-refractivity contribution in [3.8, 4) is 0 Å². The molecule has 7 heterocycles. The maximum absolute atomic E-state index is 13.3. The molecule has 256 valence electrons. The van der Waals surface area contributed by atoms with E-state index in [0.29, 0.717) is 17.7 Å². The molecule has 20 heteroatoms. The Hall–Kier alpha value is -4.43. The predicted molar refractivity (Wildman–Crippen MR) is 179 cm³/mol. The van der Waals surface area contributed by atoms with Gasteiger partial charge in [-0.3, -0.25) is 24.7 Å². The molecule has 2 atom stereocenters. The topological polar surface area (TPSA) is 196 Å². The Bertz CT molecular complexity index is 2040. The van der Waals surface area contributed by atoms with Gasteiger partial charge in [0.25, 0.3) is 17.7 Å². The minimum Gasteiger partial charge on any atom is -0.543 e. The molecule has 0 saturated carbocycles. The molecule has 4 aromatic heterocycles. The lowest BCUT2D eigenvalue weighted by molar-refractivity contribution is -0.661. The van der Waals surface area contributed by atoms with Crippen molar-refractivity contribution in [1.82, 2.24) is 34.8 Å². The number of nitrogens with zero attached hydrogens (tertiary/aromatic N) is 7. The lowest BCUT2D eigenvalue weighted by Gasteiger charge is -2.50. The van der Waals surface area contributed by atoms with Crippen LogP contribution in [0.5, 0.6) is 0 Å². The van der Waals surface area contributed by atoms with Gasteiger partial charge in [-0.15, -0.1) is 27.6 Å². The van der Waals surface area contributed by atoms with E-state index < -0.39 is 29.2 Å². The molecule has 4 N–H and O–H groups in total. The molecule has 0 unspecified atom stereocenters. The molecule has 3 amide bonds. The molecule has 0 bridgehead atoms. The number of nitrogens with two attached hydrogens (primary N) is 1. The Kier molecular flexibility index (Phi) is 9.09. The van der Waals surface area contributed by atoms with Crippen LogP contribution >= 0.6 is 46.0 Å². The van der Waals surface area contributed by atoms with Gasteiger partial charge in [0.05, 0.1) is 36.0 Å². The molecule has 7 rings (SSSR count). The Morgan fingerprint density at radius 2 is 2.06 bits per heavy atom. The number of nitrogens with one attached hydrogen (secondary N) is 2. The van der Waals surface area contributed by atoms with Crippen LogP contribution < -0.4 is 26.1 Å². The summed E-state index contributed by atoms with van der Waals surface area (Å²) in [6.45, 7) is 2.44. The Morgan fingerprint density at radius 3 is 2.78 bits per heavy atom. The first-order chi connectivity index (χ1) is 23.6. The van der Waals surface area contributed by atoms with Crippen molar-refractivity contribution in [3.63, 3.8) is 0 Å². The number of hydrogen-bond acceptors (Lipinski definition) is 13. The summed E-state index contributed by atoms with van der Waals surface area (Å²) in [5.74, 6) is -2.72. The summed E-state index contributed by atoms with van der Waals surface area (Å²) >= 11 is 9.94. The van der Waals surface area contributed by atoms with Crippen LogP contribution in [0.1, 0.15) is 33.8 Å². The van der Waals surface area contributed by atoms with E-state index in [4.69, 9.17) is 22.2 Å². The fraction of sp³-hybridized carbons (Fsp3) is 0.345. The highest BCUT2D eigenvalue weighted by Gasteiger charge is 2.53. The number of carboxylic acid groups (broad SMARTS) is 1. The third kappa shape index (κ3) is 6.27. The minimum absolute atomic E-state index is 0.00544. The Balaban J connectivity index is 1.04. The highest BCUT2D eigenvalue weighted by atomic mass is 35.5. The largest absolute Gasteiger partial charge is 0.543 e. The molecule has 3 aliphatic heterocycles. The maximum Gasteiger partial charge on any atom is 0.307 e. The standard InChI is InChI=1S/C29H29ClN10O6S3/c1-46-35-20(19-23(30)49-29(31)33-19)25(42)32-21-26(43)40-22(28(44)45)16(14-48-27(21)40)11-38-7-4-18-36(8-9-39(18)38)12-17-10-15(13-47-17)24(41)34-37-5-2-3-6-37/h4,7-10,13,21,27H,2-3,5-6,11-12,14H2,1H3,(H4-,31,32,33,34,41,42,44,45)/b35-20-/t21-,27-/m1/s1. The third-order valence-corrected chi connectivity index (χ3v) is 11.6. The van der Waals surface area contributed by atoms with Crippen LogP contribution in [-0.2, 0) is 32.3 Å². The number of carboxylic acids is 1. The van der Waals surface area contributed by atoms with Crippen molar-refractivity contribution in [1.29, 1.82) is 0 Å². The van der Waals surface area contributed by atoms with Gasteiger partial charge in [-0.05, 0) is 24.5 Å². The molecule has 0 aromatic carbocycles. The van der Waals surface area contributed by atoms with E-state index in [1.165, 1.54) is 30.2 Å². The zero-order chi connectivity index (χ0) is 34.4. The number of fused-ring (bicyclic) bond motifs is 2. The van der Waals surface area contributed by atoms with Crippen molar-refractivity contribution in [2.75, 3.05) is 31.7 Å². The van der Waals surface area contributed by atoms with Gasteiger partial charge in [-0.1, -0.05) is 28.1 Å². The number of amides is 3. The second-order valence-electron chi connectivity index (χ2n) is 11.4. The molecule has 16 nitrogen and oxygen atoms in total. The van der Waals surface area contributed by atoms with Crippen molar-refractivity contribution in [2.24, 2.45) is 5.16 Å². The van der Waals surface area contributed by atoms with Gasteiger partial charge in [-0.25, -0.2) is 19.2 Å². The fourth-order valence-electron chi connectivity index (χ4n) is 6.04. The Morgan fingerprint density at radius 1 is 1.27 bits per heavy atom. The Labute approximate surface area is 295 Å². The van der Waals surface area contributed by atoms with Crippen molar-refractivity contribution in [3.05, 3.63) is 67.8 Å². The molecule has 49 heavy (non-hydrogen) atoms. The first-order valence-corrected chi connectivity index (χ1v) is 18.2. The SMILES string of the molecule is CO/N=C(\C(=O)N[C@@H]1C(=O)N2C(C(=O)[O-])=C(Cn3ccc4n3cc[n+]4Cc3cc(C(=O)NN4CCCC4)cs3)CS[C@H]12)c1nc(N)sc1Cl. The lowest BCUT2D eigenvalue weighted by atomic mass is 10.0. The summed E-state index contributed by atoms with van der Waals surface area (Å²) in [6, 6.07) is 2.77. The summed E-state index contributed by atoms with van der Waals surface area (Å²) in [5, 5.41) is 22.0. The van der Waals surface area contributed by atoms with Crippen LogP contribution in [0.25, 0.3) is 5.65 Å². The van der Waals surface area contributed by atoms with E-state index in [0.717, 1.165) is 52.7 Å². The van der Waals surface area contributed by atoms with Crippen molar-refractivity contribution in [2.45, 2.75) is 37.3 Å². The second kappa shape index (κ2) is 13.5. The summed E-state index contributed by atoms with van der Waals surface area (Å²) in [4.78, 5) is 62.5. The molecule has 2 fully saturated rings. The number of β-lactam (4-membered cyclic amide) rings is 1. The van der Waals surface area contributed by atoms with Crippen molar-refractivity contribution < 1.29 is 33.7 Å². The molecular formula is C29H29ClN10O6S3. The first kappa shape index (κ1) is 33.1.